The fourth-order valence-corrected chi connectivity index (χ4v) is 3.21. The highest BCUT2D eigenvalue weighted by Crippen LogP contribution is 2.31. The summed E-state index contributed by atoms with van der Waals surface area (Å²) in [6, 6.07) is 14.5. The van der Waals surface area contributed by atoms with Gasteiger partial charge in [-0.15, -0.1) is 0 Å². The molecule has 0 unspecified atom stereocenters. The number of carbonyl (C=O) groups excluding carboxylic acids is 2. The summed E-state index contributed by atoms with van der Waals surface area (Å²) in [4.78, 5) is 25.8. The van der Waals surface area contributed by atoms with Crippen molar-refractivity contribution < 1.29 is 14.1 Å². The van der Waals surface area contributed by atoms with Gasteiger partial charge in [0.25, 0.3) is 0 Å². The first-order valence-electron chi connectivity index (χ1n) is 9.01. The molecule has 0 N–H and O–H groups in total. The molecule has 0 radical (unpaired) electrons. The van der Waals surface area contributed by atoms with Crippen molar-refractivity contribution in [3.05, 3.63) is 70.6 Å². The fraction of sp³-hybridized carbons (Fsp3) is 0.227. The second-order valence-corrected chi connectivity index (χ2v) is 6.99. The molecule has 0 aliphatic heterocycles. The van der Waals surface area contributed by atoms with E-state index in [9.17, 15) is 9.59 Å². The number of aryl methyl sites for hydroxylation is 1. The van der Waals surface area contributed by atoms with E-state index in [1.165, 1.54) is 0 Å². The number of hydrogen-bond donors (Lipinski definition) is 0. The molecule has 3 rings (SSSR count). The van der Waals surface area contributed by atoms with E-state index in [1.54, 1.807) is 36.2 Å². The van der Waals surface area contributed by atoms with Crippen molar-refractivity contribution in [2.75, 3.05) is 11.9 Å². The first-order chi connectivity index (χ1) is 13.4. The van der Waals surface area contributed by atoms with Gasteiger partial charge in [0.15, 0.2) is 5.78 Å². The van der Waals surface area contributed by atoms with Crippen molar-refractivity contribution in [3.8, 4) is 11.1 Å². The van der Waals surface area contributed by atoms with Gasteiger partial charge in [-0.2, -0.15) is 0 Å². The Balaban J connectivity index is 1.77. The number of nitrogens with zero attached hydrogens (tertiary/aromatic N) is 2. The van der Waals surface area contributed by atoms with Crippen molar-refractivity contribution >= 4 is 29.0 Å². The van der Waals surface area contributed by atoms with Crippen LogP contribution < -0.4 is 4.90 Å². The van der Waals surface area contributed by atoms with Crippen LogP contribution in [-0.2, 0) is 11.2 Å². The standard InChI is InChI=1S/C22H21ClN2O3/c1-4-22(27)25(3)17-9-10-19(20(23)12-17)15-5-7-16(8-6-15)21(26)13-18-11-14(2)24-28-18/h5-12H,4,13H2,1-3H3. The monoisotopic (exact) mass is 396 g/mol. The van der Waals surface area contributed by atoms with Gasteiger partial charge in [0, 0.05) is 36.3 Å². The lowest BCUT2D eigenvalue weighted by Crippen LogP contribution is -2.24. The van der Waals surface area contributed by atoms with Gasteiger partial charge in [-0.05, 0) is 24.6 Å². The van der Waals surface area contributed by atoms with E-state index in [0.717, 1.165) is 22.5 Å². The minimum Gasteiger partial charge on any atom is -0.361 e. The number of rotatable bonds is 6. The van der Waals surface area contributed by atoms with Crippen LogP contribution >= 0.6 is 11.6 Å². The summed E-state index contributed by atoms with van der Waals surface area (Å²) in [7, 11) is 1.73. The maximum Gasteiger partial charge on any atom is 0.226 e. The number of aromatic nitrogens is 1. The number of Topliss-reactive ketones (excluding diaryl/α,β-unsaturated/α-hetero) is 1. The van der Waals surface area contributed by atoms with Gasteiger partial charge in [-0.25, -0.2) is 0 Å². The minimum atomic E-state index is -0.0381. The first kappa shape index (κ1) is 19.8. The SMILES string of the molecule is CCC(=O)N(C)c1ccc(-c2ccc(C(=O)Cc3cc(C)no3)cc2)c(Cl)c1. The average Bonchev–Trinajstić information content (AvgIpc) is 3.11. The summed E-state index contributed by atoms with van der Waals surface area (Å²) < 4.78 is 5.10. The van der Waals surface area contributed by atoms with Crippen LogP contribution in [0.5, 0.6) is 0 Å². The molecule has 1 aromatic heterocycles. The summed E-state index contributed by atoms with van der Waals surface area (Å²) in [6.07, 6.45) is 0.604. The largest absolute Gasteiger partial charge is 0.361 e. The number of hydrogen-bond acceptors (Lipinski definition) is 4. The van der Waals surface area contributed by atoms with Gasteiger partial charge in [-0.1, -0.05) is 54.0 Å². The van der Waals surface area contributed by atoms with E-state index in [4.69, 9.17) is 16.1 Å². The normalized spacial score (nSPS) is 10.7. The topological polar surface area (TPSA) is 63.4 Å². The number of benzene rings is 2. The summed E-state index contributed by atoms with van der Waals surface area (Å²) in [5.41, 5.74) is 3.83. The van der Waals surface area contributed by atoms with E-state index in [0.29, 0.717) is 22.8 Å². The molecule has 0 atom stereocenters. The Morgan fingerprint density at radius 3 is 2.39 bits per heavy atom. The van der Waals surface area contributed by atoms with Crippen molar-refractivity contribution in [1.82, 2.24) is 5.16 Å². The van der Waals surface area contributed by atoms with Crippen molar-refractivity contribution in [2.45, 2.75) is 26.7 Å². The number of amides is 1. The van der Waals surface area contributed by atoms with Gasteiger partial charge in [0.1, 0.15) is 5.76 Å². The highest BCUT2D eigenvalue weighted by molar-refractivity contribution is 6.33. The molecular weight excluding hydrogens is 376 g/mol. The van der Waals surface area contributed by atoms with Crippen LogP contribution in [0.15, 0.2) is 53.1 Å². The average molecular weight is 397 g/mol. The quantitative estimate of drug-likeness (QED) is 0.543. The first-order valence-corrected chi connectivity index (χ1v) is 9.38. The summed E-state index contributed by atoms with van der Waals surface area (Å²) >= 11 is 6.44. The molecule has 1 amide bonds. The van der Waals surface area contributed by atoms with Crippen LogP contribution in [0, 0.1) is 6.92 Å². The van der Waals surface area contributed by atoms with Gasteiger partial charge in [0.05, 0.1) is 17.1 Å². The molecule has 0 aliphatic rings. The van der Waals surface area contributed by atoms with Crippen LogP contribution in [0.25, 0.3) is 11.1 Å². The molecule has 0 saturated heterocycles. The molecule has 3 aromatic rings. The molecule has 2 aromatic carbocycles. The maximum atomic E-state index is 12.4. The lowest BCUT2D eigenvalue weighted by Gasteiger charge is -2.17. The third-order valence-corrected chi connectivity index (χ3v) is 4.86. The lowest BCUT2D eigenvalue weighted by molar-refractivity contribution is -0.118. The second kappa shape index (κ2) is 8.40. The Hall–Kier alpha value is -2.92. The molecule has 0 saturated carbocycles. The molecule has 0 fully saturated rings. The molecule has 0 aliphatic carbocycles. The zero-order valence-corrected chi connectivity index (χ0v) is 16.8. The Morgan fingerprint density at radius 1 is 1.11 bits per heavy atom. The Kier molecular flexibility index (Phi) is 5.95. The molecular formula is C22H21ClN2O3. The van der Waals surface area contributed by atoms with Crippen LogP contribution in [0.4, 0.5) is 5.69 Å². The van der Waals surface area contributed by atoms with E-state index in [-0.39, 0.29) is 18.1 Å². The minimum absolute atomic E-state index is 0.0219. The number of ketones is 1. The van der Waals surface area contributed by atoms with Gasteiger partial charge in [0.2, 0.25) is 5.91 Å². The van der Waals surface area contributed by atoms with E-state index in [1.807, 2.05) is 38.1 Å². The molecule has 0 bridgehead atoms. The van der Waals surface area contributed by atoms with E-state index >= 15 is 0 Å². The smallest absolute Gasteiger partial charge is 0.226 e. The highest BCUT2D eigenvalue weighted by Gasteiger charge is 2.13. The maximum absolute atomic E-state index is 12.4. The highest BCUT2D eigenvalue weighted by atomic mass is 35.5. The van der Waals surface area contributed by atoms with Crippen LogP contribution in [-0.4, -0.2) is 23.9 Å². The van der Waals surface area contributed by atoms with Gasteiger partial charge >= 0.3 is 0 Å². The predicted molar refractivity (Wildman–Crippen MR) is 110 cm³/mol. The van der Waals surface area contributed by atoms with Crippen molar-refractivity contribution in [2.24, 2.45) is 0 Å². The zero-order valence-electron chi connectivity index (χ0n) is 16.0. The number of halogens is 1. The van der Waals surface area contributed by atoms with Crippen molar-refractivity contribution in [1.29, 1.82) is 0 Å². The van der Waals surface area contributed by atoms with Gasteiger partial charge < -0.3 is 9.42 Å². The van der Waals surface area contributed by atoms with Crippen LogP contribution in [0.2, 0.25) is 5.02 Å². The lowest BCUT2D eigenvalue weighted by atomic mass is 10.0. The van der Waals surface area contributed by atoms with E-state index in [2.05, 4.69) is 5.16 Å². The third kappa shape index (κ3) is 4.31. The molecule has 1 heterocycles. The molecule has 28 heavy (non-hydrogen) atoms. The number of anilines is 1. The molecule has 0 spiro atoms. The van der Waals surface area contributed by atoms with Crippen LogP contribution in [0.1, 0.15) is 35.2 Å². The molecule has 6 heteroatoms. The summed E-state index contributed by atoms with van der Waals surface area (Å²) in [6.45, 7) is 3.64. The molecule has 5 nitrogen and oxygen atoms in total. The summed E-state index contributed by atoms with van der Waals surface area (Å²) in [5.74, 6) is 0.536. The predicted octanol–water partition coefficient (Wildman–Crippen LogP) is 5.10. The van der Waals surface area contributed by atoms with Crippen LogP contribution in [0.3, 0.4) is 0 Å². The summed E-state index contributed by atoms with van der Waals surface area (Å²) in [5, 5.41) is 4.34. The molecule has 144 valence electrons. The second-order valence-electron chi connectivity index (χ2n) is 6.58. The van der Waals surface area contributed by atoms with E-state index < -0.39 is 0 Å². The Morgan fingerprint density at radius 2 is 1.82 bits per heavy atom. The fourth-order valence-electron chi connectivity index (χ4n) is 2.92. The Bertz CT molecular complexity index is 1010. The van der Waals surface area contributed by atoms with Gasteiger partial charge in [-0.3, -0.25) is 9.59 Å². The third-order valence-electron chi connectivity index (χ3n) is 4.55. The van der Waals surface area contributed by atoms with Crippen molar-refractivity contribution in [3.63, 3.8) is 0 Å². The zero-order chi connectivity index (χ0) is 20.3. The Labute approximate surface area is 168 Å². The number of carbonyl (C=O) groups is 2.